The number of benzene rings is 2. The maximum absolute atomic E-state index is 12.3. The quantitative estimate of drug-likeness (QED) is 0.414. The summed E-state index contributed by atoms with van der Waals surface area (Å²) in [6, 6.07) is 13.6. The molecule has 0 bridgehead atoms. The molecule has 7 nitrogen and oxygen atoms in total. The minimum Gasteiger partial charge on any atom is -0.423 e. The van der Waals surface area contributed by atoms with E-state index in [4.69, 9.17) is 4.74 Å². The van der Waals surface area contributed by atoms with Gasteiger partial charge in [0.25, 0.3) is 11.5 Å². The average molecular weight is 405 g/mol. The summed E-state index contributed by atoms with van der Waals surface area (Å²) in [4.78, 5) is 41.6. The van der Waals surface area contributed by atoms with Crippen LogP contribution in [0.15, 0.2) is 71.1 Å². The first kappa shape index (κ1) is 18.6. The van der Waals surface area contributed by atoms with Gasteiger partial charge in [-0.05, 0) is 43.3 Å². The third-order valence-corrected chi connectivity index (χ3v) is 4.94. The number of hydrogen-bond acceptors (Lipinski definition) is 6. The number of hydrogen-bond donors (Lipinski definition) is 1. The van der Waals surface area contributed by atoms with Crippen LogP contribution in [0.1, 0.15) is 26.3 Å². The molecule has 0 aliphatic rings. The van der Waals surface area contributed by atoms with Crippen LogP contribution in [-0.2, 0) is 0 Å². The summed E-state index contributed by atoms with van der Waals surface area (Å²) in [6.07, 6.45) is 2.77. The summed E-state index contributed by atoms with van der Waals surface area (Å²) in [7, 11) is 0. The Labute approximate surface area is 169 Å². The molecule has 4 aromatic rings. The fourth-order valence-corrected chi connectivity index (χ4v) is 3.40. The van der Waals surface area contributed by atoms with Crippen molar-refractivity contribution in [2.45, 2.75) is 6.92 Å². The van der Waals surface area contributed by atoms with Crippen molar-refractivity contribution in [2.24, 2.45) is 0 Å². The molecule has 0 saturated carbocycles. The van der Waals surface area contributed by atoms with E-state index >= 15 is 0 Å². The van der Waals surface area contributed by atoms with Gasteiger partial charge in [0, 0.05) is 22.8 Å². The van der Waals surface area contributed by atoms with Crippen molar-refractivity contribution < 1.29 is 14.3 Å². The summed E-state index contributed by atoms with van der Waals surface area (Å²) >= 11 is 1.30. The van der Waals surface area contributed by atoms with E-state index in [1.807, 2.05) is 19.1 Å². The molecule has 8 heteroatoms. The van der Waals surface area contributed by atoms with Crippen molar-refractivity contribution in [3.63, 3.8) is 0 Å². The molecule has 4 rings (SSSR count). The molecule has 0 radical (unpaired) electrons. The number of fused-ring (bicyclic) bond motifs is 1. The van der Waals surface area contributed by atoms with Crippen LogP contribution in [0.2, 0.25) is 0 Å². The largest absolute Gasteiger partial charge is 0.423 e. The van der Waals surface area contributed by atoms with Crippen LogP contribution in [0, 0.1) is 6.92 Å². The van der Waals surface area contributed by atoms with Crippen LogP contribution in [0.25, 0.3) is 4.96 Å². The maximum Gasteiger partial charge on any atom is 0.350 e. The van der Waals surface area contributed by atoms with E-state index in [2.05, 4.69) is 10.3 Å². The van der Waals surface area contributed by atoms with E-state index in [9.17, 15) is 14.4 Å². The first-order chi connectivity index (χ1) is 14.0. The van der Waals surface area contributed by atoms with Gasteiger partial charge in [-0.2, -0.15) is 0 Å². The number of thiazole rings is 1. The molecule has 2 heterocycles. The summed E-state index contributed by atoms with van der Waals surface area (Å²) in [5, 5.41) is 4.49. The number of nitrogens with one attached hydrogen (secondary N) is 1. The Balaban J connectivity index is 1.46. The molecule has 144 valence electrons. The van der Waals surface area contributed by atoms with E-state index < -0.39 is 11.5 Å². The number of aromatic nitrogens is 2. The molecule has 0 spiro atoms. The number of aryl methyl sites for hydroxylation is 1. The van der Waals surface area contributed by atoms with Gasteiger partial charge in [-0.3, -0.25) is 14.0 Å². The highest BCUT2D eigenvalue weighted by Crippen LogP contribution is 2.18. The molecule has 0 fully saturated rings. The van der Waals surface area contributed by atoms with E-state index in [1.54, 1.807) is 35.8 Å². The Morgan fingerprint density at radius 3 is 2.69 bits per heavy atom. The average Bonchev–Trinajstić information content (AvgIpc) is 3.19. The number of amides is 1. The standard InChI is InChI=1S/C21H15N3O4S/c1-13-3-2-4-14(11-13)18(25)23-15-5-7-16(8-6-15)28-20(27)17-12-22-21-24(19(17)26)9-10-29-21/h2-12H,1H3,(H,23,25). The molecule has 0 saturated heterocycles. The van der Waals surface area contributed by atoms with Crippen LogP contribution in [0.3, 0.4) is 0 Å². The van der Waals surface area contributed by atoms with Crippen LogP contribution >= 0.6 is 11.3 Å². The molecule has 0 aliphatic carbocycles. The van der Waals surface area contributed by atoms with Crippen molar-refractivity contribution >= 4 is 33.9 Å². The first-order valence-electron chi connectivity index (χ1n) is 8.66. The molecule has 1 amide bonds. The summed E-state index contributed by atoms with van der Waals surface area (Å²) in [5.74, 6) is -0.778. The maximum atomic E-state index is 12.3. The van der Waals surface area contributed by atoms with Crippen molar-refractivity contribution in [3.05, 3.63) is 93.3 Å². The van der Waals surface area contributed by atoms with Gasteiger partial charge in [-0.25, -0.2) is 9.78 Å². The Kier molecular flexibility index (Phi) is 4.92. The second-order valence-corrected chi connectivity index (χ2v) is 7.14. The fourth-order valence-electron chi connectivity index (χ4n) is 2.72. The van der Waals surface area contributed by atoms with Gasteiger partial charge in [0.05, 0.1) is 6.20 Å². The van der Waals surface area contributed by atoms with Gasteiger partial charge in [0.15, 0.2) is 4.96 Å². The zero-order chi connectivity index (χ0) is 20.4. The number of ether oxygens (including phenoxy) is 1. The summed E-state index contributed by atoms with van der Waals surface area (Å²) in [6.45, 7) is 1.91. The molecular formula is C21H15N3O4S. The highest BCUT2D eigenvalue weighted by Gasteiger charge is 2.16. The van der Waals surface area contributed by atoms with Crippen LogP contribution in [0.4, 0.5) is 5.69 Å². The van der Waals surface area contributed by atoms with Crippen molar-refractivity contribution in [1.82, 2.24) is 9.38 Å². The molecule has 1 N–H and O–H groups in total. The number of nitrogens with zero attached hydrogens (tertiary/aromatic N) is 2. The van der Waals surface area contributed by atoms with Gasteiger partial charge >= 0.3 is 5.97 Å². The van der Waals surface area contributed by atoms with Crippen LogP contribution < -0.4 is 15.6 Å². The minimum atomic E-state index is -0.792. The predicted molar refractivity (Wildman–Crippen MR) is 110 cm³/mol. The number of esters is 1. The van der Waals surface area contributed by atoms with Crippen LogP contribution in [-0.4, -0.2) is 21.3 Å². The summed E-state index contributed by atoms with van der Waals surface area (Å²) in [5.41, 5.74) is 1.46. The van der Waals surface area contributed by atoms with Gasteiger partial charge in [0.1, 0.15) is 11.3 Å². The second-order valence-electron chi connectivity index (χ2n) is 6.27. The Morgan fingerprint density at radius 2 is 1.93 bits per heavy atom. The lowest BCUT2D eigenvalue weighted by atomic mass is 10.1. The predicted octanol–water partition coefficient (Wildman–Crippen LogP) is 3.54. The van der Waals surface area contributed by atoms with Crippen LogP contribution in [0.5, 0.6) is 5.75 Å². The zero-order valence-corrected chi connectivity index (χ0v) is 16.1. The lowest BCUT2D eigenvalue weighted by molar-refractivity contribution is 0.0732. The number of anilines is 1. The normalized spacial score (nSPS) is 10.7. The van der Waals surface area contributed by atoms with Crippen molar-refractivity contribution in [3.8, 4) is 5.75 Å². The van der Waals surface area contributed by atoms with Crippen molar-refractivity contribution in [2.75, 3.05) is 5.32 Å². The van der Waals surface area contributed by atoms with Gasteiger partial charge in [0.2, 0.25) is 0 Å². The SMILES string of the molecule is Cc1cccc(C(=O)Nc2ccc(OC(=O)c3cnc4sccn4c3=O)cc2)c1. The van der Waals surface area contributed by atoms with E-state index in [0.29, 0.717) is 16.2 Å². The third kappa shape index (κ3) is 3.92. The van der Waals surface area contributed by atoms with E-state index in [0.717, 1.165) is 5.56 Å². The summed E-state index contributed by atoms with van der Waals surface area (Å²) < 4.78 is 6.56. The second kappa shape index (κ2) is 7.69. The zero-order valence-electron chi connectivity index (χ0n) is 15.3. The van der Waals surface area contributed by atoms with Gasteiger partial charge in [-0.1, -0.05) is 17.7 Å². The number of carbonyl (C=O) groups is 2. The fraction of sp³-hybridized carbons (Fsp3) is 0.0476. The molecule has 2 aromatic heterocycles. The Bertz CT molecular complexity index is 1280. The minimum absolute atomic E-state index is 0.155. The molecule has 0 atom stereocenters. The highest BCUT2D eigenvalue weighted by atomic mass is 32.1. The molecule has 0 aliphatic heterocycles. The monoisotopic (exact) mass is 405 g/mol. The lowest BCUT2D eigenvalue weighted by Gasteiger charge is -2.08. The van der Waals surface area contributed by atoms with Gasteiger partial charge in [-0.15, -0.1) is 11.3 Å². The molecule has 29 heavy (non-hydrogen) atoms. The van der Waals surface area contributed by atoms with E-state index in [1.165, 1.54) is 34.1 Å². The smallest absolute Gasteiger partial charge is 0.350 e. The topological polar surface area (TPSA) is 89.8 Å². The Morgan fingerprint density at radius 1 is 1.14 bits per heavy atom. The molecular weight excluding hydrogens is 390 g/mol. The van der Waals surface area contributed by atoms with Gasteiger partial charge < -0.3 is 10.1 Å². The Hall–Kier alpha value is -3.78. The molecule has 0 unspecified atom stereocenters. The molecule has 2 aromatic carbocycles. The van der Waals surface area contributed by atoms with E-state index in [-0.39, 0.29) is 17.2 Å². The number of rotatable bonds is 4. The lowest BCUT2D eigenvalue weighted by Crippen LogP contribution is -2.24. The third-order valence-electron chi connectivity index (χ3n) is 4.17. The highest BCUT2D eigenvalue weighted by molar-refractivity contribution is 7.15. The van der Waals surface area contributed by atoms with Crippen molar-refractivity contribution in [1.29, 1.82) is 0 Å². The first-order valence-corrected chi connectivity index (χ1v) is 9.54. The number of carbonyl (C=O) groups excluding carboxylic acids is 2.